The number of furan rings is 1. The topological polar surface area (TPSA) is 46.3 Å². The number of aromatic nitrogens is 1. The molecule has 0 radical (unpaired) electrons. The van der Waals surface area contributed by atoms with E-state index in [1.54, 1.807) is 42.7 Å². The third kappa shape index (κ3) is 1.76. The van der Waals surface area contributed by atoms with Crippen LogP contribution in [0.25, 0.3) is 11.0 Å². The van der Waals surface area contributed by atoms with Crippen LogP contribution in [0.15, 0.2) is 53.2 Å². The molecule has 0 bridgehead atoms. The molecule has 3 rings (SSSR count). The van der Waals surface area contributed by atoms with Crippen molar-refractivity contribution in [3.05, 3.63) is 65.9 Å². The molecule has 2 aromatic heterocycles. The van der Waals surface area contributed by atoms with E-state index in [1.807, 2.05) is 0 Å². The number of fused-ring (bicyclic) bond motifs is 1. The van der Waals surface area contributed by atoms with Crippen molar-refractivity contribution >= 4 is 11.0 Å². The molecule has 0 aliphatic heterocycles. The number of benzene rings is 1. The third-order valence-electron chi connectivity index (χ3n) is 2.78. The Morgan fingerprint density at radius 2 is 2.11 bits per heavy atom. The Balaban J connectivity index is 2.07. The molecule has 0 saturated carbocycles. The van der Waals surface area contributed by atoms with Crippen molar-refractivity contribution in [2.45, 2.75) is 6.10 Å². The highest BCUT2D eigenvalue weighted by Crippen LogP contribution is 2.28. The molecule has 18 heavy (non-hydrogen) atoms. The highest BCUT2D eigenvalue weighted by Gasteiger charge is 2.16. The van der Waals surface area contributed by atoms with Crippen LogP contribution >= 0.6 is 0 Å². The van der Waals surface area contributed by atoms with Gasteiger partial charge in [-0.2, -0.15) is 0 Å². The number of aliphatic hydroxyl groups is 1. The zero-order valence-electron chi connectivity index (χ0n) is 9.38. The van der Waals surface area contributed by atoms with E-state index < -0.39 is 11.9 Å². The van der Waals surface area contributed by atoms with Gasteiger partial charge in [-0.1, -0.05) is 18.2 Å². The summed E-state index contributed by atoms with van der Waals surface area (Å²) in [5, 5.41) is 10.8. The molecule has 1 atom stereocenters. The maximum absolute atomic E-state index is 13.5. The van der Waals surface area contributed by atoms with Crippen molar-refractivity contribution in [3.63, 3.8) is 0 Å². The summed E-state index contributed by atoms with van der Waals surface area (Å²) in [4.78, 5) is 3.93. The molecule has 3 aromatic rings. The lowest BCUT2D eigenvalue weighted by Crippen LogP contribution is -1.97. The van der Waals surface area contributed by atoms with Gasteiger partial charge in [0.15, 0.2) is 11.4 Å². The van der Waals surface area contributed by atoms with Crippen LogP contribution in [0, 0.1) is 5.82 Å². The SMILES string of the molecule is OC(c1cccnc1)c1cc2cccc(F)c2o1. The first-order valence-corrected chi connectivity index (χ1v) is 5.51. The molecule has 0 aliphatic rings. The van der Waals surface area contributed by atoms with Gasteiger partial charge in [0.1, 0.15) is 11.9 Å². The predicted molar refractivity (Wildman–Crippen MR) is 64.5 cm³/mol. The zero-order valence-corrected chi connectivity index (χ0v) is 9.38. The predicted octanol–water partition coefficient (Wildman–Crippen LogP) is 3.05. The Labute approximate surface area is 103 Å². The summed E-state index contributed by atoms with van der Waals surface area (Å²) in [6.45, 7) is 0. The number of hydrogen-bond acceptors (Lipinski definition) is 3. The molecule has 0 amide bonds. The largest absolute Gasteiger partial charge is 0.455 e. The van der Waals surface area contributed by atoms with Crippen molar-refractivity contribution in [2.75, 3.05) is 0 Å². The molecule has 0 fully saturated rings. The first-order chi connectivity index (χ1) is 8.75. The Morgan fingerprint density at radius 1 is 1.22 bits per heavy atom. The van der Waals surface area contributed by atoms with E-state index in [9.17, 15) is 9.50 Å². The monoisotopic (exact) mass is 243 g/mol. The molecule has 0 spiro atoms. The lowest BCUT2D eigenvalue weighted by Gasteiger charge is -2.06. The Bertz CT molecular complexity index is 679. The van der Waals surface area contributed by atoms with Gasteiger partial charge in [0.2, 0.25) is 0 Å². The lowest BCUT2D eigenvalue weighted by atomic mass is 10.1. The average molecular weight is 243 g/mol. The van der Waals surface area contributed by atoms with E-state index in [0.29, 0.717) is 16.7 Å². The summed E-state index contributed by atoms with van der Waals surface area (Å²) in [6, 6.07) is 9.76. The minimum Gasteiger partial charge on any atom is -0.455 e. The summed E-state index contributed by atoms with van der Waals surface area (Å²) in [6.07, 6.45) is 2.23. The minimum absolute atomic E-state index is 0.162. The summed E-state index contributed by atoms with van der Waals surface area (Å²) >= 11 is 0. The second-order valence-corrected chi connectivity index (χ2v) is 4.00. The first-order valence-electron chi connectivity index (χ1n) is 5.51. The average Bonchev–Trinajstić information content (AvgIpc) is 2.84. The molecule has 1 unspecified atom stereocenters. The zero-order chi connectivity index (χ0) is 12.5. The van der Waals surface area contributed by atoms with E-state index in [2.05, 4.69) is 4.98 Å². The molecule has 1 aromatic carbocycles. The summed E-state index contributed by atoms with van der Waals surface area (Å²) in [5.74, 6) is -0.125. The Kier molecular flexibility index (Phi) is 2.57. The summed E-state index contributed by atoms with van der Waals surface area (Å²) in [7, 11) is 0. The van der Waals surface area contributed by atoms with Gasteiger partial charge in [0, 0.05) is 23.3 Å². The fourth-order valence-electron chi connectivity index (χ4n) is 1.88. The van der Waals surface area contributed by atoms with E-state index in [-0.39, 0.29) is 5.58 Å². The van der Waals surface area contributed by atoms with Gasteiger partial charge in [-0.15, -0.1) is 0 Å². The Morgan fingerprint density at radius 3 is 2.83 bits per heavy atom. The fourth-order valence-corrected chi connectivity index (χ4v) is 1.88. The quantitative estimate of drug-likeness (QED) is 0.752. The molecule has 90 valence electrons. The minimum atomic E-state index is -0.939. The van der Waals surface area contributed by atoms with E-state index >= 15 is 0 Å². The van der Waals surface area contributed by atoms with Crippen LogP contribution in [0.2, 0.25) is 0 Å². The first kappa shape index (κ1) is 10.9. The van der Waals surface area contributed by atoms with Crippen molar-refractivity contribution in [1.29, 1.82) is 0 Å². The number of pyridine rings is 1. The summed E-state index contributed by atoms with van der Waals surface area (Å²) in [5.41, 5.74) is 0.771. The molecule has 1 N–H and O–H groups in total. The van der Waals surface area contributed by atoms with Crippen LogP contribution in [0.4, 0.5) is 4.39 Å². The van der Waals surface area contributed by atoms with Crippen molar-refractivity contribution < 1.29 is 13.9 Å². The van der Waals surface area contributed by atoms with Crippen molar-refractivity contribution in [3.8, 4) is 0 Å². The van der Waals surface area contributed by atoms with Crippen LogP contribution < -0.4 is 0 Å². The van der Waals surface area contributed by atoms with E-state index in [1.165, 1.54) is 6.07 Å². The highest BCUT2D eigenvalue weighted by atomic mass is 19.1. The van der Waals surface area contributed by atoms with Gasteiger partial charge in [-0.05, 0) is 18.2 Å². The molecule has 0 saturated heterocycles. The van der Waals surface area contributed by atoms with E-state index in [4.69, 9.17) is 4.42 Å². The number of para-hydroxylation sites is 1. The maximum atomic E-state index is 13.5. The van der Waals surface area contributed by atoms with Crippen LogP contribution in [-0.2, 0) is 0 Å². The smallest absolute Gasteiger partial charge is 0.170 e. The van der Waals surface area contributed by atoms with Crippen LogP contribution in [0.3, 0.4) is 0 Å². The van der Waals surface area contributed by atoms with Gasteiger partial charge in [-0.3, -0.25) is 4.98 Å². The van der Waals surface area contributed by atoms with Crippen LogP contribution in [-0.4, -0.2) is 10.1 Å². The maximum Gasteiger partial charge on any atom is 0.170 e. The fraction of sp³-hybridized carbons (Fsp3) is 0.0714. The lowest BCUT2D eigenvalue weighted by molar-refractivity contribution is 0.191. The van der Waals surface area contributed by atoms with E-state index in [0.717, 1.165) is 0 Å². The van der Waals surface area contributed by atoms with Gasteiger partial charge in [-0.25, -0.2) is 4.39 Å². The normalized spacial score (nSPS) is 12.8. The number of aliphatic hydroxyl groups excluding tert-OH is 1. The van der Waals surface area contributed by atoms with Crippen LogP contribution in [0.5, 0.6) is 0 Å². The third-order valence-corrected chi connectivity index (χ3v) is 2.78. The number of nitrogens with zero attached hydrogens (tertiary/aromatic N) is 1. The number of hydrogen-bond donors (Lipinski definition) is 1. The van der Waals surface area contributed by atoms with Gasteiger partial charge in [0.05, 0.1) is 0 Å². The molecule has 0 aliphatic carbocycles. The second kappa shape index (κ2) is 4.23. The highest BCUT2D eigenvalue weighted by molar-refractivity contribution is 5.78. The Hall–Kier alpha value is -2.20. The van der Waals surface area contributed by atoms with Gasteiger partial charge >= 0.3 is 0 Å². The van der Waals surface area contributed by atoms with Crippen molar-refractivity contribution in [1.82, 2.24) is 4.98 Å². The number of rotatable bonds is 2. The van der Waals surface area contributed by atoms with Gasteiger partial charge in [0.25, 0.3) is 0 Å². The number of halogens is 1. The standard InChI is InChI=1S/C14H10FNO2/c15-11-5-1-3-9-7-12(18-14(9)11)13(17)10-4-2-6-16-8-10/h1-8,13,17H. The van der Waals surface area contributed by atoms with Gasteiger partial charge < -0.3 is 9.52 Å². The second-order valence-electron chi connectivity index (χ2n) is 4.00. The van der Waals surface area contributed by atoms with Crippen LogP contribution in [0.1, 0.15) is 17.4 Å². The molecule has 2 heterocycles. The van der Waals surface area contributed by atoms with Crippen molar-refractivity contribution in [2.24, 2.45) is 0 Å². The summed E-state index contributed by atoms with van der Waals surface area (Å²) < 4.78 is 18.8. The molecule has 3 nitrogen and oxygen atoms in total. The molecular formula is C14H10FNO2. The molecule has 4 heteroatoms. The molecular weight excluding hydrogens is 233 g/mol.